The van der Waals surface area contributed by atoms with Gasteiger partial charge < -0.3 is 10.1 Å². The average molecular weight is 376 g/mol. The maximum absolute atomic E-state index is 13.3. The minimum Gasteiger partial charge on any atom is -0.465 e. The third-order valence-corrected chi connectivity index (χ3v) is 5.11. The summed E-state index contributed by atoms with van der Waals surface area (Å²) in [4.78, 5) is 28.5. The van der Waals surface area contributed by atoms with E-state index in [2.05, 4.69) is 15.0 Å². The summed E-state index contributed by atoms with van der Waals surface area (Å²) < 4.78 is 18.0. The number of amides is 1. The third-order valence-electron chi connectivity index (χ3n) is 3.28. The minimum atomic E-state index is -0.493. The van der Waals surface area contributed by atoms with E-state index in [0.29, 0.717) is 26.8 Å². The molecule has 0 bridgehead atoms. The highest BCUT2D eigenvalue weighted by Crippen LogP contribution is 2.26. The molecule has 0 aliphatic heterocycles. The van der Waals surface area contributed by atoms with Crippen LogP contribution in [0.25, 0.3) is 10.6 Å². The van der Waals surface area contributed by atoms with Gasteiger partial charge in [0.15, 0.2) is 0 Å². The average Bonchev–Trinajstić information content (AvgIpc) is 3.23. The molecule has 0 spiro atoms. The lowest BCUT2D eigenvalue weighted by molar-refractivity contribution is -0.115. The van der Waals surface area contributed by atoms with Crippen molar-refractivity contribution in [1.29, 1.82) is 0 Å². The van der Waals surface area contributed by atoms with Crippen molar-refractivity contribution >= 4 is 40.2 Å². The van der Waals surface area contributed by atoms with Gasteiger partial charge in [-0.05, 0) is 23.6 Å². The lowest BCUT2D eigenvalue weighted by atomic mass is 10.2. The largest absolute Gasteiger partial charge is 0.465 e. The number of carbonyl (C=O) groups excluding carboxylic acids is 2. The van der Waals surface area contributed by atoms with E-state index in [1.54, 1.807) is 29.0 Å². The molecule has 25 heavy (non-hydrogen) atoms. The van der Waals surface area contributed by atoms with Crippen LogP contribution in [0.4, 0.5) is 10.1 Å². The SMILES string of the molecule is COC(=O)c1sccc1NC(=O)Cc1csc(-c2cccc(F)c2)n1. The van der Waals surface area contributed by atoms with Gasteiger partial charge >= 0.3 is 5.97 Å². The van der Waals surface area contributed by atoms with Crippen molar-refractivity contribution in [2.45, 2.75) is 6.42 Å². The van der Waals surface area contributed by atoms with Gasteiger partial charge in [-0.2, -0.15) is 0 Å². The molecule has 1 N–H and O–H groups in total. The molecule has 0 atom stereocenters. The van der Waals surface area contributed by atoms with E-state index >= 15 is 0 Å². The summed E-state index contributed by atoms with van der Waals surface area (Å²) in [6.45, 7) is 0. The molecule has 0 radical (unpaired) electrons. The van der Waals surface area contributed by atoms with Crippen molar-refractivity contribution in [3.05, 3.63) is 57.5 Å². The fourth-order valence-electron chi connectivity index (χ4n) is 2.16. The summed E-state index contributed by atoms with van der Waals surface area (Å²) in [5.41, 5.74) is 1.67. The van der Waals surface area contributed by atoms with Gasteiger partial charge in [-0.25, -0.2) is 14.2 Å². The van der Waals surface area contributed by atoms with E-state index in [4.69, 9.17) is 0 Å². The first kappa shape index (κ1) is 17.2. The minimum absolute atomic E-state index is 0.0578. The number of hydrogen-bond acceptors (Lipinski definition) is 6. The molecule has 0 aliphatic rings. The van der Waals surface area contributed by atoms with Gasteiger partial charge in [0, 0.05) is 10.9 Å². The smallest absolute Gasteiger partial charge is 0.350 e. The molecule has 0 aliphatic carbocycles. The molecule has 5 nitrogen and oxygen atoms in total. The van der Waals surface area contributed by atoms with Crippen molar-refractivity contribution in [1.82, 2.24) is 4.98 Å². The highest BCUT2D eigenvalue weighted by molar-refractivity contribution is 7.13. The number of nitrogens with zero attached hydrogens (tertiary/aromatic N) is 1. The predicted octanol–water partition coefficient (Wildman–Crippen LogP) is 3.98. The molecule has 3 rings (SSSR count). The number of hydrogen-bond donors (Lipinski definition) is 1. The van der Waals surface area contributed by atoms with Crippen LogP contribution in [0.3, 0.4) is 0 Å². The van der Waals surface area contributed by atoms with Crippen molar-refractivity contribution in [2.24, 2.45) is 0 Å². The number of ether oxygens (including phenoxy) is 1. The number of anilines is 1. The number of esters is 1. The second kappa shape index (κ2) is 7.54. The number of aromatic nitrogens is 1. The number of nitrogens with one attached hydrogen (secondary N) is 1. The first-order valence-electron chi connectivity index (χ1n) is 7.23. The molecule has 0 saturated carbocycles. The molecule has 0 unspecified atom stereocenters. The zero-order valence-corrected chi connectivity index (χ0v) is 14.7. The van der Waals surface area contributed by atoms with Crippen LogP contribution in [0.15, 0.2) is 41.1 Å². The third kappa shape index (κ3) is 4.09. The van der Waals surface area contributed by atoms with E-state index in [-0.39, 0.29) is 18.1 Å². The number of benzene rings is 1. The van der Waals surface area contributed by atoms with Crippen LogP contribution in [0.2, 0.25) is 0 Å². The van der Waals surface area contributed by atoms with Gasteiger partial charge in [0.1, 0.15) is 15.7 Å². The Balaban J connectivity index is 1.68. The van der Waals surface area contributed by atoms with Crippen LogP contribution in [0, 0.1) is 5.82 Å². The van der Waals surface area contributed by atoms with Crippen molar-refractivity contribution in [3.8, 4) is 10.6 Å². The Morgan fingerprint density at radius 2 is 2.12 bits per heavy atom. The zero-order valence-electron chi connectivity index (χ0n) is 13.1. The lowest BCUT2D eigenvalue weighted by Crippen LogP contribution is -2.16. The van der Waals surface area contributed by atoms with Gasteiger partial charge in [0.05, 0.1) is 24.9 Å². The normalized spacial score (nSPS) is 10.5. The molecule has 128 valence electrons. The molecular weight excluding hydrogens is 363 g/mol. The van der Waals surface area contributed by atoms with Gasteiger partial charge in [-0.15, -0.1) is 22.7 Å². The fourth-order valence-corrected chi connectivity index (χ4v) is 3.74. The molecule has 2 heterocycles. The summed E-state index contributed by atoms with van der Waals surface area (Å²) in [5.74, 6) is -1.12. The van der Waals surface area contributed by atoms with Crippen LogP contribution in [-0.2, 0) is 16.0 Å². The first-order chi connectivity index (χ1) is 12.1. The highest BCUT2D eigenvalue weighted by Gasteiger charge is 2.16. The molecular formula is C17H13FN2O3S2. The number of thiazole rings is 1. The molecule has 1 amide bonds. The Hall–Kier alpha value is -2.58. The Labute approximate surface area is 151 Å². The summed E-state index contributed by atoms with van der Waals surface area (Å²) >= 11 is 2.54. The maximum Gasteiger partial charge on any atom is 0.350 e. The molecule has 2 aromatic heterocycles. The van der Waals surface area contributed by atoms with Crippen molar-refractivity contribution in [2.75, 3.05) is 12.4 Å². The number of thiophene rings is 1. The Kier molecular flexibility index (Phi) is 5.20. The Bertz CT molecular complexity index is 920. The van der Waals surface area contributed by atoms with E-state index < -0.39 is 5.97 Å². The summed E-state index contributed by atoms with van der Waals surface area (Å²) in [5, 5.41) is 6.79. The number of methoxy groups -OCH3 is 1. The molecule has 0 fully saturated rings. The van der Waals surface area contributed by atoms with Crippen LogP contribution in [-0.4, -0.2) is 24.0 Å². The van der Waals surface area contributed by atoms with Crippen LogP contribution in [0.5, 0.6) is 0 Å². The lowest BCUT2D eigenvalue weighted by Gasteiger charge is -2.04. The summed E-state index contributed by atoms with van der Waals surface area (Å²) in [7, 11) is 1.29. The monoisotopic (exact) mass is 376 g/mol. The van der Waals surface area contributed by atoms with Gasteiger partial charge in [-0.3, -0.25) is 4.79 Å². The quantitative estimate of drug-likeness (QED) is 0.684. The van der Waals surface area contributed by atoms with Crippen LogP contribution < -0.4 is 5.32 Å². The first-order valence-corrected chi connectivity index (χ1v) is 8.98. The van der Waals surface area contributed by atoms with Gasteiger partial charge in [0.2, 0.25) is 5.91 Å². The van der Waals surface area contributed by atoms with E-state index in [1.807, 2.05) is 0 Å². The molecule has 3 aromatic rings. The van der Waals surface area contributed by atoms with Crippen LogP contribution >= 0.6 is 22.7 Å². The Morgan fingerprint density at radius 1 is 1.28 bits per heavy atom. The van der Waals surface area contributed by atoms with E-state index in [0.717, 1.165) is 0 Å². The fraction of sp³-hybridized carbons (Fsp3) is 0.118. The number of carbonyl (C=O) groups is 2. The van der Waals surface area contributed by atoms with E-state index in [1.165, 1.54) is 41.9 Å². The standard InChI is InChI=1S/C17H13FN2O3S2/c1-23-17(22)15-13(5-6-24-15)20-14(21)8-12-9-25-16(19-12)10-3-2-4-11(18)7-10/h2-7,9H,8H2,1H3,(H,20,21). The van der Waals surface area contributed by atoms with Gasteiger partial charge in [0.25, 0.3) is 0 Å². The Morgan fingerprint density at radius 3 is 2.88 bits per heavy atom. The summed E-state index contributed by atoms with van der Waals surface area (Å²) in [6.07, 6.45) is 0.0578. The molecule has 1 aromatic carbocycles. The highest BCUT2D eigenvalue weighted by atomic mass is 32.1. The topological polar surface area (TPSA) is 68.3 Å². The second-order valence-corrected chi connectivity index (χ2v) is 6.81. The maximum atomic E-state index is 13.3. The van der Waals surface area contributed by atoms with E-state index in [9.17, 15) is 14.0 Å². The molecule has 0 saturated heterocycles. The van der Waals surface area contributed by atoms with Gasteiger partial charge in [-0.1, -0.05) is 12.1 Å². The second-order valence-electron chi connectivity index (χ2n) is 5.03. The summed E-state index contributed by atoms with van der Waals surface area (Å²) in [6, 6.07) is 7.79. The van der Waals surface area contributed by atoms with Crippen molar-refractivity contribution in [3.63, 3.8) is 0 Å². The van der Waals surface area contributed by atoms with Crippen molar-refractivity contribution < 1.29 is 18.7 Å². The zero-order chi connectivity index (χ0) is 17.8. The van der Waals surface area contributed by atoms with Crippen LogP contribution in [0.1, 0.15) is 15.4 Å². The predicted molar refractivity (Wildman–Crippen MR) is 95.5 cm³/mol. The molecule has 8 heteroatoms. The number of halogens is 1. The number of rotatable bonds is 5.